The molecule has 1 aliphatic carbocycles. The summed E-state index contributed by atoms with van der Waals surface area (Å²) in [6.45, 7) is 0. The third-order valence-corrected chi connectivity index (χ3v) is 2.24. The molecule has 4 heteroatoms. The molecule has 0 aromatic carbocycles. The van der Waals surface area contributed by atoms with E-state index < -0.39 is 5.97 Å². The Balaban J connectivity index is 2.68. The van der Waals surface area contributed by atoms with Gasteiger partial charge in [-0.05, 0) is 12.8 Å². The summed E-state index contributed by atoms with van der Waals surface area (Å²) in [6.07, 6.45) is 4.05. The van der Waals surface area contributed by atoms with E-state index in [2.05, 4.69) is 9.53 Å². The summed E-state index contributed by atoms with van der Waals surface area (Å²) in [4.78, 5) is 14.0. The number of hydrogen-bond acceptors (Lipinski definition) is 2. The molecule has 0 radical (unpaired) electrons. The summed E-state index contributed by atoms with van der Waals surface area (Å²) < 4.78 is 4.49. The van der Waals surface area contributed by atoms with Gasteiger partial charge in [0.15, 0.2) is 0 Å². The molecule has 1 aliphatic rings. The van der Waals surface area contributed by atoms with E-state index >= 15 is 0 Å². The Morgan fingerprint density at radius 3 is 2.50 bits per heavy atom. The fourth-order valence-electron chi connectivity index (χ4n) is 1.59. The number of carbonyl (C=O) groups is 1. The number of rotatable bonds is 2. The van der Waals surface area contributed by atoms with Crippen molar-refractivity contribution in [1.82, 2.24) is 0 Å². The second-order valence-electron chi connectivity index (χ2n) is 2.96. The molecule has 0 bridgehead atoms. The number of esters is 1. The average Bonchev–Trinajstić information content (AvgIpc) is 2.58. The third kappa shape index (κ3) is 1.71. The molecule has 66 valence electrons. The number of ether oxygens (including phenoxy) is 1. The van der Waals surface area contributed by atoms with Crippen LogP contribution >= 0.6 is 0 Å². The third-order valence-electron chi connectivity index (χ3n) is 2.24. The van der Waals surface area contributed by atoms with Crippen LogP contribution in [0.4, 0.5) is 0 Å². The van der Waals surface area contributed by atoms with Crippen LogP contribution in [0.1, 0.15) is 25.7 Å². The summed E-state index contributed by atoms with van der Waals surface area (Å²) in [5.41, 5.74) is 8.75. The van der Waals surface area contributed by atoms with Crippen molar-refractivity contribution in [2.24, 2.45) is 5.92 Å². The molecule has 12 heavy (non-hydrogen) atoms. The van der Waals surface area contributed by atoms with Gasteiger partial charge in [0, 0.05) is 0 Å². The molecule has 0 spiro atoms. The van der Waals surface area contributed by atoms with E-state index in [0.29, 0.717) is 0 Å². The Labute approximate surface area is 71.1 Å². The van der Waals surface area contributed by atoms with Gasteiger partial charge in [-0.25, -0.2) is 4.79 Å². The van der Waals surface area contributed by atoms with Gasteiger partial charge < -0.3 is 10.3 Å². The van der Waals surface area contributed by atoms with Crippen molar-refractivity contribution in [1.29, 1.82) is 0 Å². The van der Waals surface area contributed by atoms with Gasteiger partial charge in [0.1, 0.15) is 0 Å². The molecule has 0 amide bonds. The summed E-state index contributed by atoms with van der Waals surface area (Å²) in [5, 5.41) is 0. The van der Waals surface area contributed by atoms with Crippen LogP contribution in [-0.4, -0.2) is 23.6 Å². The Kier molecular flexibility index (Phi) is 3.00. The Morgan fingerprint density at radius 1 is 1.50 bits per heavy atom. The molecule has 0 aromatic heterocycles. The lowest BCUT2D eigenvalue weighted by atomic mass is 10.0. The van der Waals surface area contributed by atoms with Crippen molar-refractivity contribution >= 4 is 11.7 Å². The van der Waals surface area contributed by atoms with Crippen LogP contribution in [0.15, 0.2) is 0 Å². The van der Waals surface area contributed by atoms with Gasteiger partial charge >= 0.3 is 11.7 Å². The fraction of sp³-hybridized carbons (Fsp3) is 0.750. The second kappa shape index (κ2) is 4.02. The minimum atomic E-state index is -0.510. The van der Waals surface area contributed by atoms with E-state index in [4.69, 9.17) is 5.53 Å². The Morgan fingerprint density at radius 2 is 2.08 bits per heavy atom. The maximum atomic E-state index is 11.0. The molecule has 0 heterocycles. The highest BCUT2D eigenvalue weighted by molar-refractivity contribution is 6.34. The summed E-state index contributed by atoms with van der Waals surface area (Å²) in [7, 11) is 1.29. The zero-order chi connectivity index (χ0) is 8.97. The first-order valence-corrected chi connectivity index (χ1v) is 4.10. The average molecular weight is 168 g/mol. The van der Waals surface area contributed by atoms with E-state index in [0.717, 1.165) is 25.7 Å². The fourth-order valence-corrected chi connectivity index (χ4v) is 1.59. The SMILES string of the molecule is COC(=O)C(=[N+]=[N-])C1CCCC1. The lowest BCUT2D eigenvalue weighted by molar-refractivity contribution is -0.138. The number of hydrogen-bond donors (Lipinski definition) is 0. The number of methoxy groups -OCH3 is 1. The zero-order valence-electron chi connectivity index (χ0n) is 7.12. The van der Waals surface area contributed by atoms with Gasteiger partial charge in [0.2, 0.25) is 0 Å². The highest BCUT2D eigenvalue weighted by Crippen LogP contribution is 2.25. The summed E-state index contributed by atoms with van der Waals surface area (Å²) >= 11 is 0. The lowest BCUT2D eigenvalue weighted by Crippen LogP contribution is -2.24. The minimum absolute atomic E-state index is 0.0995. The Hall–Kier alpha value is -1.15. The lowest BCUT2D eigenvalue weighted by Gasteiger charge is -2.00. The molecule has 0 N–H and O–H groups in total. The summed E-state index contributed by atoms with van der Waals surface area (Å²) in [5.74, 6) is -0.410. The summed E-state index contributed by atoms with van der Waals surface area (Å²) in [6, 6.07) is 0. The smallest absolute Gasteiger partial charge is 0.416 e. The monoisotopic (exact) mass is 168 g/mol. The molecular weight excluding hydrogens is 156 g/mol. The molecule has 1 rings (SSSR count). The van der Waals surface area contributed by atoms with Crippen molar-refractivity contribution in [3.8, 4) is 0 Å². The standard InChI is InChI=1S/C8H12N2O2/c1-12-8(11)7(10-9)6-4-2-3-5-6/h6H,2-5H2,1H3. The molecular formula is C8H12N2O2. The quantitative estimate of drug-likeness (QED) is 0.267. The van der Waals surface area contributed by atoms with E-state index in [1.165, 1.54) is 7.11 Å². The van der Waals surface area contributed by atoms with Crippen LogP contribution in [-0.2, 0) is 9.53 Å². The van der Waals surface area contributed by atoms with E-state index in [1.807, 2.05) is 0 Å². The zero-order valence-corrected chi connectivity index (χ0v) is 7.12. The topological polar surface area (TPSA) is 62.7 Å². The predicted octanol–water partition coefficient (Wildman–Crippen LogP) is 1.02. The van der Waals surface area contributed by atoms with Gasteiger partial charge in [-0.1, -0.05) is 12.8 Å². The van der Waals surface area contributed by atoms with Crippen LogP contribution in [0.2, 0.25) is 0 Å². The van der Waals surface area contributed by atoms with Crippen LogP contribution < -0.4 is 0 Å². The second-order valence-corrected chi connectivity index (χ2v) is 2.96. The molecule has 0 aliphatic heterocycles. The molecule has 1 saturated carbocycles. The van der Waals surface area contributed by atoms with Gasteiger partial charge in [-0.3, -0.25) is 0 Å². The van der Waals surface area contributed by atoms with Crippen LogP contribution in [0.5, 0.6) is 0 Å². The highest BCUT2D eigenvalue weighted by atomic mass is 16.5. The highest BCUT2D eigenvalue weighted by Gasteiger charge is 2.33. The van der Waals surface area contributed by atoms with Crippen LogP contribution in [0.3, 0.4) is 0 Å². The molecule has 0 aromatic rings. The first-order valence-electron chi connectivity index (χ1n) is 4.10. The van der Waals surface area contributed by atoms with Crippen LogP contribution in [0.25, 0.3) is 5.53 Å². The molecule has 0 unspecified atom stereocenters. The van der Waals surface area contributed by atoms with Gasteiger partial charge in [-0.2, -0.15) is 4.79 Å². The van der Waals surface area contributed by atoms with Crippen molar-refractivity contribution in [2.75, 3.05) is 7.11 Å². The first kappa shape index (κ1) is 8.94. The Bertz CT molecular complexity index is 225. The van der Waals surface area contributed by atoms with E-state index in [-0.39, 0.29) is 11.6 Å². The number of carbonyl (C=O) groups excluding carboxylic acids is 1. The van der Waals surface area contributed by atoms with Crippen molar-refractivity contribution < 1.29 is 14.3 Å². The molecule has 0 saturated heterocycles. The molecule has 4 nitrogen and oxygen atoms in total. The van der Waals surface area contributed by atoms with E-state index in [1.54, 1.807) is 0 Å². The van der Waals surface area contributed by atoms with Gasteiger partial charge in [0.05, 0.1) is 13.0 Å². The maximum absolute atomic E-state index is 11.0. The number of nitrogens with zero attached hydrogens (tertiary/aromatic N) is 2. The van der Waals surface area contributed by atoms with Crippen molar-refractivity contribution in [3.05, 3.63) is 5.53 Å². The normalized spacial score (nSPS) is 17.1. The maximum Gasteiger partial charge on any atom is 0.416 e. The first-order chi connectivity index (χ1) is 5.79. The van der Waals surface area contributed by atoms with Crippen molar-refractivity contribution in [3.63, 3.8) is 0 Å². The van der Waals surface area contributed by atoms with Crippen LogP contribution in [0, 0.1) is 5.92 Å². The van der Waals surface area contributed by atoms with Crippen molar-refractivity contribution in [2.45, 2.75) is 25.7 Å². The molecule has 1 fully saturated rings. The predicted molar refractivity (Wildman–Crippen MR) is 42.6 cm³/mol. The minimum Gasteiger partial charge on any atom is -0.460 e. The van der Waals surface area contributed by atoms with E-state index in [9.17, 15) is 4.79 Å². The largest absolute Gasteiger partial charge is 0.460 e. The van der Waals surface area contributed by atoms with Gasteiger partial charge in [-0.15, -0.1) is 0 Å². The molecule has 0 atom stereocenters. The van der Waals surface area contributed by atoms with Gasteiger partial charge in [0.25, 0.3) is 0 Å².